The van der Waals surface area contributed by atoms with Crippen LogP contribution in [0.3, 0.4) is 0 Å². The topological polar surface area (TPSA) is 49.4 Å². The SMILES string of the molecule is CCCCNC(=O)[C@@H](Cc1ccccc1)N(Cc1cccc(Br)c1)C(=O)CSCc1ccccc1. The highest BCUT2D eigenvalue weighted by Gasteiger charge is 2.30. The lowest BCUT2D eigenvalue weighted by Gasteiger charge is -2.31. The van der Waals surface area contributed by atoms with Crippen molar-refractivity contribution in [1.82, 2.24) is 10.2 Å². The Morgan fingerprint density at radius 2 is 1.57 bits per heavy atom. The Hall–Kier alpha value is -2.57. The Balaban J connectivity index is 1.83. The number of nitrogens with zero attached hydrogens (tertiary/aromatic N) is 1. The maximum absolute atomic E-state index is 13.6. The second-order valence-electron chi connectivity index (χ2n) is 8.48. The number of amides is 2. The van der Waals surface area contributed by atoms with E-state index in [2.05, 4.69) is 40.3 Å². The molecule has 0 saturated carbocycles. The first-order valence-corrected chi connectivity index (χ1v) is 14.0. The Bertz CT molecular complexity index is 1060. The largest absolute Gasteiger partial charge is 0.354 e. The smallest absolute Gasteiger partial charge is 0.243 e. The van der Waals surface area contributed by atoms with Crippen molar-refractivity contribution in [3.63, 3.8) is 0 Å². The molecule has 0 fully saturated rings. The monoisotopic (exact) mass is 552 g/mol. The molecule has 3 aromatic carbocycles. The summed E-state index contributed by atoms with van der Waals surface area (Å²) in [7, 11) is 0. The number of halogens is 1. The zero-order valence-corrected chi connectivity index (χ0v) is 22.6. The third-order valence-corrected chi connectivity index (χ3v) is 7.16. The molecule has 2 amide bonds. The number of thioether (sulfide) groups is 1. The molecule has 3 aromatic rings. The summed E-state index contributed by atoms with van der Waals surface area (Å²) in [5, 5.41) is 3.07. The third kappa shape index (κ3) is 9.19. The molecule has 0 aromatic heterocycles. The average Bonchev–Trinajstić information content (AvgIpc) is 2.87. The van der Waals surface area contributed by atoms with Gasteiger partial charge in [-0.05, 0) is 35.2 Å². The fourth-order valence-corrected chi connectivity index (χ4v) is 5.12. The van der Waals surface area contributed by atoms with Crippen LogP contribution in [0.1, 0.15) is 36.5 Å². The molecule has 1 atom stereocenters. The van der Waals surface area contributed by atoms with Gasteiger partial charge >= 0.3 is 0 Å². The number of carbonyl (C=O) groups is 2. The van der Waals surface area contributed by atoms with E-state index in [0.29, 0.717) is 25.3 Å². The summed E-state index contributed by atoms with van der Waals surface area (Å²) in [6.45, 7) is 3.09. The third-order valence-electron chi connectivity index (χ3n) is 5.68. The van der Waals surface area contributed by atoms with Crippen LogP contribution in [-0.2, 0) is 28.3 Å². The molecule has 0 unspecified atom stereocenters. The molecule has 184 valence electrons. The predicted molar refractivity (Wildman–Crippen MR) is 149 cm³/mol. The van der Waals surface area contributed by atoms with Crippen molar-refractivity contribution >= 4 is 39.5 Å². The summed E-state index contributed by atoms with van der Waals surface area (Å²) in [6, 6.07) is 27.4. The van der Waals surface area contributed by atoms with Gasteiger partial charge < -0.3 is 10.2 Å². The number of unbranched alkanes of at least 4 members (excludes halogenated alkanes) is 1. The van der Waals surface area contributed by atoms with E-state index in [-0.39, 0.29) is 11.8 Å². The molecule has 6 heteroatoms. The van der Waals surface area contributed by atoms with E-state index < -0.39 is 6.04 Å². The number of hydrogen-bond donors (Lipinski definition) is 1. The van der Waals surface area contributed by atoms with E-state index in [0.717, 1.165) is 34.2 Å². The number of hydrogen-bond acceptors (Lipinski definition) is 3. The fourth-order valence-electron chi connectivity index (χ4n) is 3.81. The van der Waals surface area contributed by atoms with Crippen molar-refractivity contribution in [3.8, 4) is 0 Å². The van der Waals surface area contributed by atoms with Crippen molar-refractivity contribution in [2.75, 3.05) is 12.3 Å². The van der Waals surface area contributed by atoms with E-state index in [1.807, 2.05) is 72.8 Å². The van der Waals surface area contributed by atoms with E-state index in [1.54, 1.807) is 16.7 Å². The molecule has 0 aliphatic rings. The quantitative estimate of drug-likeness (QED) is 0.255. The van der Waals surface area contributed by atoms with Gasteiger partial charge in [-0.15, -0.1) is 11.8 Å². The minimum atomic E-state index is -0.585. The molecule has 3 rings (SSSR count). The summed E-state index contributed by atoms with van der Waals surface area (Å²) in [4.78, 5) is 28.8. The molecule has 4 nitrogen and oxygen atoms in total. The van der Waals surface area contributed by atoms with Gasteiger partial charge in [0.1, 0.15) is 6.04 Å². The Morgan fingerprint density at radius 1 is 0.914 bits per heavy atom. The molecule has 0 spiro atoms. The highest BCUT2D eigenvalue weighted by atomic mass is 79.9. The maximum Gasteiger partial charge on any atom is 0.243 e. The highest BCUT2D eigenvalue weighted by Crippen LogP contribution is 2.20. The first-order chi connectivity index (χ1) is 17.1. The number of rotatable bonds is 13. The molecule has 0 heterocycles. The van der Waals surface area contributed by atoms with Crippen LogP contribution in [0.5, 0.6) is 0 Å². The van der Waals surface area contributed by atoms with Crippen LogP contribution in [0.25, 0.3) is 0 Å². The van der Waals surface area contributed by atoms with Gasteiger partial charge in [-0.25, -0.2) is 0 Å². The molecular formula is C29H33BrN2O2S. The Kier molecular flexibility index (Phi) is 11.4. The van der Waals surface area contributed by atoms with Crippen LogP contribution in [0, 0.1) is 0 Å². The molecular weight excluding hydrogens is 520 g/mol. The molecule has 35 heavy (non-hydrogen) atoms. The summed E-state index contributed by atoms with van der Waals surface area (Å²) in [5.41, 5.74) is 3.20. The zero-order chi connectivity index (χ0) is 24.9. The van der Waals surface area contributed by atoms with Gasteiger partial charge in [0, 0.05) is 29.7 Å². The summed E-state index contributed by atoms with van der Waals surface area (Å²) >= 11 is 5.11. The maximum atomic E-state index is 13.6. The van der Waals surface area contributed by atoms with Crippen molar-refractivity contribution in [3.05, 3.63) is 106 Å². The second kappa shape index (κ2) is 14.7. The highest BCUT2D eigenvalue weighted by molar-refractivity contribution is 9.10. The van der Waals surface area contributed by atoms with Gasteiger partial charge in [-0.3, -0.25) is 9.59 Å². The molecule has 0 aliphatic carbocycles. The predicted octanol–water partition coefficient (Wildman–Crippen LogP) is 6.24. The lowest BCUT2D eigenvalue weighted by atomic mass is 10.0. The van der Waals surface area contributed by atoms with Crippen LogP contribution in [0.2, 0.25) is 0 Å². The van der Waals surface area contributed by atoms with Gasteiger partial charge in [-0.1, -0.05) is 102 Å². The molecule has 0 saturated heterocycles. The van der Waals surface area contributed by atoms with E-state index in [4.69, 9.17) is 0 Å². The lowest BCUT2D eigenvalue weighted by molar-refractivity contribution is -0.139. The first kappa shape index (κ1) is 27.0. The summed E-state index contributed by atoms with van der Waals surface area (Å²) in [5.74, 6) is 0.941. The average molecular weight is 554 g/mol. The Morgan fingerprint density at radius 3 is 2.23 bits per heavy atom. The van der Waals surface area contributed by atoms with Crippen molar-refractivity contribution < 1.29 is 9.59 Å². The van der Waals surface area contributed by atoms with Crippen LogP contribution in [0.15, 0.2) is 89.4 Å². The van der Waals surface area contributed by atoms with Gasteiger partial charge in [-0.2, -0.15) is 0 Å². The van der Waals surface area contributed by atoms with Gasteiger partial charge in [0.05, 0.1) is 5.75 Å². The lowest BCUT2D eigenvalue weighted by Crippen LogP contribution is -2.51. The normalized spacial score (nSPS) is 11.6. The van der Waals surface area contributed by atoms with Gasteiger partial charge in [0.25, 0.3) is 0 Å². The van der Waals surface area contributed by atoms with Crippen LogP contribution >= 0.6 is 27.7 Å². The van der Waals surface area contributed by atoms with Gasteiger partial charge in [0.15, 0.2) is 0 Å². The standard InChI is InChI=1S/C29H33BrN2O2S/c1-2-3-17-31-29(34)27(19-23-11-6-4-7-12-23)32(20-25-15-10-16-26(30)18-25)28(33)22-35-21-24-13-8-5-9-14-24/h4-16,18,27H,2-3,17,19-22H2,1H3,(H,31,34)/t27-/m1/s1. The zero-order valence-electron chi connectivity index (χ0n) is 20.2. The summed E-state index contributed by atoms with van der Waals surface area (Å²) in [6.07, 6.45) is 2.39. The van der Waals surface area contributed by atoms with Crippen molar-refractivity contribution in [1.29, 1.82) is 0 Å². The first-order valence-electron chi connectivity index (χ1n) is 12.0. The molecule has 0 bridgehead atoms. The minimum absolute atomic E-state index is 0.0301. The molecule has 0 aliphatic heterocycles. The van der Waals surface area contributed by atoms with Crippen LogP contribution in [0.4, 0.5) is 0 Å². The fraction of sp³-hybridized carbons (Fsp3) is 0.310. The van der Waals surface area contributed by atoms with Crippen LogP contribution in [-0.4, -0.2) is 35.1 Å². The second-order valence-corrected chi connectivity index (χ2v) is 10.4. The van der Waals surface area contributed by atoms with E-state index >= 15 is 0 Å². The van der Waals surface area contributed by atoms with Crippen LogP contribution < -0.4 is 5.32 Å². The number of carbonyl (C=O) groups excluding carboxylic acids is 2. The van der Waals surface area contributed by atoms with Gasteiger partial charge in [0.2, 0.25) is 11.8 Å². The summed E-state index contributed by atoms with van der Waals surface area (Å²) < 4.78 is 0.952. The molecule has 0 radical (unpaired) electrons. The van der Waals surface area contributed by atoms with Crippen molar-refractivity contribution in [2.24, 2.45) is 0 Å². The Labute approximate surface area is 221 Å². The number of benzene rings is 3. The van der Waals surface area contributed by atoms with E-state index in [9.17, 15) is 9.59 Å². The number of nitrogens with one attached hydrogen (secondary N) is 1. The van der Waals surface area contributed by atoms with E-state index in [1.165, 1.54) is 5.56 Å². The molecule has 1 N–H and O–H groups in total. The van der Waals surface area contributed by atoms with Crippen molar-refractivity contribution in [2.45, 2.75) is 44.5 Å². The minimum Gasteiger partial charge on any atom is -0.354 e.